The van der Waals surface area contributed by atoms with E-state index in [1.807, 2.05) is 0 Å². The molecule has 1 heterocycles. The van der Waals surface area contributed by atoms with Gasteiger partial charge in [0.1, 0.15) is 0 Å². The summed E-state index contributed by atoms with van der Waals surface area (Å²) in [6, 6.07) is 9.02. The highest BCUT2D eigenvalue weighted by atomic mass is 127. The van der Waals surface area contributed by atoms with Crippen LogP contribution >= 0.6 is 33.9 Å². The van der Waals surface area contributed by atoms with E-state index in [1.165, 1.54) is 50.8 Å². The van der Waals surface area contributed by atoms with Crippen LogP contribution in [0.3, 0.4) is 0 Å². The molecule has 0 bridgehead atoms. The number of rotatable bonds is 2. The fraction of sp³-hybridized carbons (Fsp3) is 0.333. The second kappa shape index (κ2) is 5.31. The zero-order valence-corrected chi connectivity index (χ0v) is 13.1. The molecule has 1 aromatic carbocycles. The van der Waals surface area contributed by atoms with Gasteiger partial charge in [-0.15, -0.1) is 11.3 Å². The van der Waals surface area contributed by atoms with Crippen molar-refractivity contribution >= 4 is 33.9 Å². The van der Waals surface area contributed by atoms with Crippen molar-refractivity contribution in [1.82, 2.24) is 0 Å². The first-order chi connectivity index (χ1) is 8.74. The Morgan fingerprint density at radius 2 is 1.83 bits per heavy atom. The largest absolute Gasteiger partial charge is 0.320 e. The topological polar surface area (TPSA) is 26.0 Å². The maximum absolute atomic E-state index is 6.37. The Bertz CT molecular complexity index is 561. The lowest BCUT2D eigenvalue weighted by atomic mass is 9.88. The van der Waals surface area contributed by atoms with Crippen LogP contribution in [0.25, 0.3) is 0 Å². The molecule has 1 atom stereocenters. The third-order valence-electron chi connectivity index (χ3n) is 3.68. The second-order valence-electron chi connectivity index (χ2n) is 4.90. The first-order valence-electron chi connectivity index (χ1n) is 6.35. The lowest BCUT2D eigenvalue weighted by molar-refractivity contribution is 0.683. The van der Waals surface area contributed by atoms with E-state index in [-0.39, 0.29) is 6.04 Å². The number of thiophene rings is 1. The summed E-state index contributed by atoms with van der Waals surface area (Å²) in [7, 11) is 0. The molecule has 2 N–H and O–H groups in total. The third kappa shape index (κ3) is 2.49. The highest BCUT2D eigenvalue weighted by molar-refractivity contribution is 14.1. The molecule has 0 aliphatic heterocycles. The van der Waals surface area contributed by atoms with Crippen LogP contribution in [0.15, 0.2) is 29.6 Å². The summed E-state index contributed by atoms with van der Waals surface area (Å²) in [6.07, 6.45) is 5.11. The fourth-order valence-corrected chi connectivity index (χ4v) is 4.03. The summed E-state index contributed by atoms with van der Waals surface area (Å²) in [6.45, 7) is 0. The van der Waals surface area contributed by atoms with E-state index < -0.39 is 0 Å². The van der Waals surface area contributed by atoms with Gasteiger partial charge in [-0.25, -0.2) is 0 Å². The summed E-state index contributed by atoms with van der Waals surface area (Å²) in [5, 5.41) is 2.17. The molecular weight excluding hydrogens is 353 g/mol. The second-order valence-corrected chi connectivity index (χ2v) is 7.70. The Balaban J connectivity index is 1.92. The Kier molecular flexibility index (Phi) is 3.73. The van der Waals surface area contributed by atoms with Gasteiger partial charge in [-0.2, -0.15) is 0 Å². The number of hydrogen-bond donors (Lipinski definition) is 1. The molecule has 0 radical (unpaired) electrons. The van der Waals surface area contributed by atoms with E-state index in [2.05, 4.69) is 52.2 Å². The van der Waals surface area contributed by atoms with Crippen molar-refractivity contribution in [3.8, 4) is 0 Å². The highest BCUT2D eigenvalue weighted by Gasteiger charge is 2.14. The predicted octanol–water partition coefficient (Wildman–Crippen LogP) is 4.28. The van der Waals surface area contributed by atoms with Crippen molar-refractivity contribution < 1.29 is 0 Å². The van der Waals surface area contributed by atoms with Gasteiger partial charge < -0.3 is 5.73 Å². The van der Waals surface area contributed by atoms with Gasteiger partial charge in [0.05, 0.1) is 8.93 Å². The molecule has 1 aliphatic carbocycles. The zero-order valence-electron chi connectivity index (χ0n) is 10.2. The average Bonchev–Trinajstić information content (AvgIpc) is 2.84. The van der Waals surface area contributed by atoms with Crippen molar-refractivity contribution in [3.05, 3.63) is 54.8 Å². The van der Waals surface area contributed by atoms with Crippen LogP contribution in [0.1, 0.15) is 41.1 Å². The van der Waals surface area contributed by atoms with Crippen LogP contribution in [0.5, 0.6) is 0 Å². The molecule has 1 aromatic heterocycles. The van der Waals surface area contributed by atoms with Crippen LogP contribution in [0.2, 0.25) is 0 Å². The van der Waals surface area contributed by atoms with Gasteiger partial charge in [0, 0.05) is 0 Å². The van der Waals surface area contributed by atoms with Crippen LogP contribution in [-0.4, -0.2) is 0 Å². The monoisotopic (exact) mass is 369 g/mol. The first kappa shape index (κ1) is 12.6. The molecule has 0 fully saturated rings. The zero-order chi connectivity index (χ0) is 12.5. The summed E-state index contributed by atoms with van der Waals surface area (Å²) in [5.74, 6) is 0. The Hall–Kier alpha value is -0.390. The minimum absolute atomic E-state index is 0.0250. The van der Waals surface area contributed by atoms with E-state index in [9.17, 15) is 0 Å². The molecule has 3 rings (SSSR count). The van der Waals surface area contributed by atoms with Gasteiger partial charge >= 0.3 is 0 Å². The molecule has 1 aliphatic rings. The van der Waals surface area contributed by atoms with Crippen molar-refractivity contribution in [3.63, 3.8) is 0 Å². The average molecular weight is 369 g/mol. The van der Waals surface area contributed by atoms with Crippen molar-refractivity contribution in [2.75, 3.05) is 0 Å². The molecule has 0 spiro atoms. The Morgan fingerprint density at radius 3 is 2.56 bits per heavy atom. The van der Waals surface area contributed by atoms with Gasteiger partial charge in [-0.3, -0.25) is 0 Å². The van der Waals surface area contributed by atoms with Crippen molar-refractivity contribution in [2.45, 2.75) is 31.7 Å². The quantitative estimate of drug-likeness (QED) is 0.786. The molecule has 94 valence electrons. The van der Waals surface area contributed by atoms with Gasteiger partial charge in [0.25, 0.3) is 0 Å². The number of hydrogen-bond acceptors (Lipinski definition) is 2. The molecule has 2 aromatic rings. The standard InChI is InChI=1S/C15H16INS/c16-14-8-13(9-18-14)15(17)12-6-5-10-3-1-2-4-11(10)7-12/h5-9,15H,1-4,17H2. The van der Waals surface area contributed by atoms with Crippen LogP contribution in [0, 0.1) is 2.88 Å². The third-order valence-corrected chi connectivity index (χ3v) is 5.49. The van der Waals surface area contributed by atoms with Gasteiger partial charge in [0.2, 0.25) is 0 Å². The molecule has 1 unspecified atom stereocenters. The molecule has 0 saturated carbocycles. The smallest absolute Gasteiger partial charge is 0.0656 e. The lowest BCUT2D eigenvalue weighted by Crippen LogP contribution is -2.12. The molecule has 3 heteroatoms. The maximum atomic E-state index is 6.37. The van der Waals surface area contributed by atoms with E-state index >= 15 is 0 Å². The normalized spacial score (nSPS) is 16.3. The van der Waals surface area contributed by atoms with Crippen molar-refractivity contribution in [2.24, 2.45) is 5.73 Å². The minimum atomic E-state index is 0.0250. The van der Waals surface area contributed by atoms with E-state index in [0.29, 0.717) is 0 Å². The SMILES string of the molecule is NC(c1csc(I)c1)c1ccc2c(c1)CCCC2. The summed E-state index contributed by atoms with van der Waals surface area (Å²) < 4.78 is 1.30. The number of halogens is 1. The first-order valence-corrected chi connectivity index (χ1v) is 8.31. The number of benzene rings is 1. The van der Waals surface area contributed by atoms with E-state index in [4.69, 9.17) is 5.73 Å². The van der Waals surface area contributed by atoms with Crippen LogP contribution < -0.4 is 5.73 Å². The van der Waals surface area contributed by atoms with Gasteiger partial charge in [-0.1, -0.05) is 18.2 Å². The van der Waals surface area contributed by atoms with Crippen LogP contribution in [0.4, 0.5) is 0 Å². The van der Waals surface area contributed by atoms with Gasteiger partial charge in [-0.05, 0) is 82.0 Å². The summed E-state index contributed by atoms with van der Waals surface area (Å²) in [4.78, 5) is 0. The molecule has 18 heavy (non-hydrogen) atoms. The number of aryl methyl sites for hydroxylation is 2. The van der Waals surface area contributed by atoms with E-state index in [1.54, 1.807) is 11.3 Å². The molecule has 1 nitrogen and oxygen atoms in total. The number of fused-ring (bicyclic) bond motifs is 1. The lowest BCUT2D eigenvalue weighted by Gasteiger charge is -2.18. The molecule has 0 amide bonds. The van der Waals surface area contributed by atoms with E-state index in [0.717, 1.165) is 0 Å². The van der Waals surface area contributed by atoms with Crippen molar-refractivity contribution in [1.29, 1.82) is 0 Å². The highest BCUT2D eigenvalue weighted by Crippen LogP contribution is 2.29. The van der Waals surface area contributed by atoms with Crippen LogP contribution in [-0.2, 0) is 12.8 Å². The Morgan fingerprint density at radius 1 is 1.06 bits per heavy atom. The maximum Gasteiger partial charge on any atom is 0.0656 e. The number of nitrogens with two attached hydrogens (primary N) is 1. The minimum Gasteiger partial charge on any atom is -0.320 e. The molecular formula is C15H16INS. The summed E-state index contributed by atoms with van der Waals surface area (Å²) in [5.41, 5.74) is 11.9. The fourth-order valence-electron chi connectivity index (χ4n) is 2.63. The predicted molar refractivity (Wildman–Crippen MR) is 86.2 cm³/mol. The van der Waals surface area contributed by atoms with Gasteiger partial charge in [0.15, 0.2) is 0 Å². The summed E-state index contributed by atoms with van der Waals surface area (Å²) >= 11 is 4.11. The Labute approximate surface area is 126 Å². The molecule has 0 saturated heterocycles.